The Bertz CT molecular complexity index is 695. The number of aliphatic carboxylic acids is 1. The Balaban J connectivity index is 2.22. The minimum atomic E-state index is -1.51. The van der Waals surface area contributed by atoms with E-state index in [9.17, 15) is 9.59 Å². The maximum atomic E-state index is 12.0. The van der Waals surface area contributed by atoms with E-state index in [0.29, 0.717) is 11.3 Å². The summed E-state index contributed by atoms with van der Waals surface area (Å²) in [6.45, 7) is 2.00. The molecule has 2 N–H and O–H groups in total. The number of aliphatic hydroxyl groups excluding tert-OH is 1. The molecular weight excluding hydrogens is 288 g/mol. The van der Waals surface area contributed by atoms with E-state index in [1.54, 1.807) is 5.38 Å². The number of carbonyl (C=O) groups is 2. The molecule has 0 aliphatic rings. The van der Waals surface area contributed by atoms with Crippen LogP contribution in [0.3, 0.4) is 0 Å². The SMILES string of the molecule is Cc1ccc(Cc2ccsc2C(=O)/C=C(\O)C(=O)O)cc1. The van der Waals surface area contributed by atoms with Crippen molar-refractivity contribution < 1.29 is 19.8 Å². The zero-order chi connectivity index (χ0) is 15.4. The summed E-state index contributed by atoms with van der Waals surface area (Å²) in [5.41, 5.74) is 3.05. The fraction of sp³-hybridized carbons (Fsp3) is 0.125. The molecule has 0 aliphatic carbocycles. The number of rotatable bonds is 5. The van der Waals surface area contributed by atoms with E-state index in [1.165, 1.54) is 11.3 Å². The highest BCUT2D eigenvalue weighted by molar-refractivity contribution is 7.12. The highest BCUT2D eigenvalue weighted by atomic mass is 32.1. The molecule has 0 bridgehead atoms. The Morgan fingerprint density at radius 2 is 1.81 bits per heavy atom. The molecule has 21 heavy (non-hydrogen) atoms. The van der Waals surface area contributed by atoms with E-state index in [1.807, 2.05) is 37.3 Å². The lowest BCUT2D eigenvalue weighted by atomic mass is 10.0. The highest BCUT2D eigenvalue weighted by Gasteiger charge is 2.14. The largest absolute Gasteiger partial charge is 0.502 e. The molecule has 0 radical (unpaired) electrons. The van der Waals surface area contributed by atoms with Crippen molar-refractivity contribution in [3.05, 3.63) is 69.1 Å². The average molecular weight is 302 g/mol. The Morgan fingerprint density at radius 1 is 1.14 bits per heavy atom. The number of carboxylic acids is 1. The third-order valence-corrected chi connectivity index (χ3v) is 3.94. The Hall–Kier alpha value is -2.40. The normalized spacial score (nSPS) is 11.4. The summed E-state index contributed by atoms with van der Waals surface area (Å²) in [5, 5.41) is 19.5. The van der Waals surface area contributed by atoms with Crippen LogP contribution in [0.25, 0.3) is 0 Å². The molecular formula is C16H14O4S. The van der Waals surface area contributed by atoms with Crippen LogP contribution in [0.1, 0.15) is 26.4 Å². The maximum absolute atomic E-state index is 12.0. The van der Waals surface area contributed by atoms with Gasteiger partial charge in [0, 0.05) is 6.08 Å². The van der Waals surface area contributed by atoms with Gasteiger partial charge in [0.2, 0.25) is 5.76 Å². The third-order valence-electron chi connectivity index (χ3n) is 2.97. The van der Waals surface area contributed by atoms with Crippen LogP contribution in [0.15, 0.2) is 47.5 Å². The number of carbonyl (C=O) groups excluding carboxylic acids is 1. The number of benzene rings is 1. The first-order valence-electron chi connectivity index (χ1n) is 6.27. The molecule has 4 nitrogen and oxygen atoms in total. The number of ketones is 1. The maximum Gasteiger partial charge on any atom is 0.371 e. The summed E-state index contributed by atoms with van der Waals surface area (Å²) >= 11 is 1.24. The number of hydrogen-bond acceptors (Lipinski definition) is 4. The van der Waals surface area contributed by atoms with Gasteiger partial charge in [0.05, 0.1) is 4.88 Å². The van der Waals surface area contributed by atoms with Crippen molar-refractivity contribution in [3.8, 4) is 0 Å². The summed E-state index contributed by atoms with van der Waals surface area (Å²) in [6.07, 6.45) is 1.33. The zero-order valence-corrected chi connectivity index (χ0v) is 12.2. The van der Waals surface area contributed by atoms with Crippen LogP contribution in [-0.4, -0.2) is 22.0 Å². The van der Waals surface area contributed by atoms with E-state index in [0.717, 1.165) is 22.8 Å². The summed E-state index contributed by atoms with van der Waals surface area (Å²) in [7, 11) is 0. The zero-order valence-electron chi connectivity index (χ0n) is 11.4. The number of hydrogen-bond donors (Lipinski definition) is 2. The Labute approximate surface area is 126 Å². The lowest BCUT2D eigenvalue weighted by molar-refractivity contribution is -0.135. The summed E-state index contributed by atoms with van der Waals surface area (Å²) < 4.78 is 0. The van der Waals surface area contributed by atoms with Crippen molar-refractivity contribution in [1.82, 2.24) is 0 Å². The van der Waals surface area contributed by atoms with Gasteiger partial charge in [-0.15, -0.1) is 11.3 Å². The van der Waals surface area contributed by atoms with Crippen molar-refractivity contribution >= 4 is 23.1 Å². The third kappa shape index (κ3) is 3.79. The van der Waals surface area contributed by atoms with Crippen molar-refractivity contribution in [2.75, 3.05) is 0 Å². The van der Waals surface area contributed by atoms with Gasteiger partial charge in [0.1, 0.15) is 0 Å². The van der Waals surface area contributed by atoms with E-state index in [2.05, 4.69) is 0 Å². The van der Waals surface area contributed by atoms with Gasteiger partial charge in [-0.05, 0) is 35.9 Å². The molecule has 0 aliphatic heterocycles. The first-order chi connectivity index (χ1) is 9.97. The monoisotopic (exact) mass is 302 g/mol. The molecule has 1 aromatic heterocycles. The van der Waals surface area contributed by atoms with Gasteiger partial charge in [-0.3, -0.25) is 4.79 Å². The predicted molar refractivity (Wildman–Crippen MR) is 81.0 cm³/mol. The first kappa shape index (κ1) is 15.0. The van der Waals surface area contributed by atoms with E-state index in [-0.39, 0.29) is 0 Å². The van der Waals surface area contributed by atoms with Gasteiger partial charge in [-0.1, -0.05) is 29.8 Å². The minimum absolute atomic E-state index is 0.448. The van der Waals surface area contributed by atoms with Crippen LogP contribution in [0.4, 0.5) is 0 Å². The van der Waals surface area contributed by atoms with E-state index < -0.39 is 17.5 Å². The number of carboxylic acid groups (broad SMARTS) is 1. The first-order valence-corrected chi connectivity index (χ1v) is 7.15. The lowest BCUT2D eigenvalue weighted by Gasteiger charge is -2.03. The highest BCUT2D eigenvalue weighted by Crippen LogP contribution is 2.22. The topological polar surface area (TPSA) is 74.6 Å². The summed E-state index contributed by atoms with van der Waals surface area (Å²) in [5.74, 6) is -2.96. The molecule has 0 saturated carbocycles. The smallest absolute Gasteiger partial charge is 0.371 e. The van der Waals surface area contributed by atoms with Crippen molar-refractivity contribution in [2.45, 2.75) is 13.3 Å². The average Bonchev–Trinajstić information content (AvgIpc) is 2.89. The van der Waals surface area contributed by atoms with Crippen molar-refractivity contribution in [1.29, 1.82) is 0 Å². The second kappa shape index (κ2) is 6.37. The standard InChI is InChI=1S/C16H14O4S/c1-10-2-4-11(5-3-10)8-12-6-7-21-15(12)13(17)9-14(18)16(19)20/h2-7,9,18H,8H2,1H3,(H,19,20)/b14-9-. The van der Waals surface area contributed by atoms with Crippen LogP contribution < -0.4 is 0 Å². The second-order valence-electron chi connectivity index (χ2n) is 4.64. The van der Waals surface area contributed by atoms with Crippen LogP contribution in [0, 0.1) is 6.92 Å². The lowest BCUT2D eigenvalue weighted by Crippen LogP contribution is -2.04. The summed E-state index contributed by atoms with van der Waals surface area (Å²) in [4.78, 5) is 23.0. The molecule has 0 saturated heterocycles. The van der Waals surface area contributed by atoms with Gasteiger partial charge >= 0.3 is 5.97 Å². The second-order valence-corrected chi connectivity index (χ2v) is 5.55. The van der Waals surface area contributed by atoms with Gasteiger partial charge in [0.15, 0.2) is 5.78 Å². The molecule has 1 heterocycles. The predicted octanol–water partition coefficient (Wildman–Crippen LogP) is 3.36. The van der Waals surface area contributed by atoms with Crippen LogP contribution in [-0.2, 0) is 11.2 Å². The molecule has 0 spiro atoms. The summed E-state index contributed by atoms with van der Waals surface area (Å²) in [6, 6.07) is 9.82. The van der Waals surface area contributed by atoms with E-state index in [4.69, 9.17) is 10.2 Å². The number of thiophene rings is 1. The molecule has 0 unspecified atom stereocenters. The molecule has 0 amide bonds. The quantitative estimate of drug-likeness (QED) is 0.504. The van der Waals surface area contributed by atoms with Crippen LogP contribution in [0.2, 0.25) is 0 Å². The fourth-order valence-electron chi connectivity index (χ4n) is 1.87. The molecule has 5 heteroatoms. The fourth-order valence-corrected chi connectivity index (χ4v) is 2.70. The van der Waals surface area contributed by atoms with Gasteiger partial charge in [0.25, 0.3) is 0 Å². The Morgan fingerprint density at radius 3 is 2.43 bits per heavy atom. The number of allylic oxidation sites excluding steroid dienone is 1. The number of aryl methyl sites for hydroxylation is 1. The van der Waals surface area contributed by atoms with E-state index >= 15 is 0 Å². The van der Waals surface area contributed by atoms with Gasteiger partial charge in [-0.25, -0.2) is 4.79 Å². The minimum Gasteiger partial charge on any atom is -0.502 e. The van der Waals surface area contributed by atoms with Crippen LogP contribution in [0.5, 0.6) is 0 Å². The van der Waals surface area contributed by atoms with Gasteiger partial charge < -0.3 is 10.2 Å². The van der Waals surface area contributed by atoms with Crippen molar-refractivity contribution in [3.63, 3.8) is 0 Å². The van der Waals surface area contributed by atoms with Crippen molar-refractivity contribution in [2.24, 2.45) is 0 Å². The van der Waals surface area contributed by atoms with Crippen LogP contribution >= 0.6 is 11.3 Å². The molecule has 0 fully saturated rings. The molecule has 2 rings (SSSR count). The Kier molecular flexibility index (Phi) is 4.55. The molecule has 2 aromatic rings. The molecule has 108 valence electrons. The van der Waals surface area contributed by atoms with Gasteiger partial charge in [-0.2, -0.15) is 0 Å². The molecule has 0 atom stereocenters. The number of aliphatic hydroxyl groups is 1. The molecule has 1 aromatic carbocycles.